The van der Waals surface area contributed by atoms with Crippen molar-refractivity contribution in [2.75, 3.05) is 38.5 Å². The van der Waals surface area contributed by atoms with Gasteiger partial charge < -0.3 is 25.3 Å². The lowest BCUT2D eigenvalue weighted by Gasteiger charge is -2.32. The molecule has 0 aliphatic carbocycles. The normalized spacial score (nSPS) is 13.5. The van der Waals surface area contributed by atoms with Crippen LogP contribution in [-0.2, 0) is 9.59 Å². The number of benzene rings is 2. The SMILES string of the molecule is Cc1ccc(-c2cccc3cnc(Nc4ccc(C(=O)N5CCN(C)CC5)cc4)nc23)cn1.O=C(O)C(F)(F)F.O=C(O)C(F)(F)F. The van der Waals surface area contributed by atoms with Gasteiger partial charge in [0, 0.05) is 72.0 Å². The topological polar surface area (TPSA) is 149 Å². The summed E-state index contributed by atoms with van der Waals surface area (Å²) in [5.41, 5.74) is 5.40. The van der Waals surface area contributed by atoms with Crippen LogP contribution in [0.5, 0.6) is 0 Å². The van der Waals surface area contributed by atoms with Gasteiger partial charge >= 0.3 is 24.3 Å². The van der Waals surface area contributed by atoms with Crippen molar-refractivity contribution in [3.05, 3.63) is 78.2 Å². The van der Waals surface area contributed by atoms with E-state index in [2.05, 4.69) is 33.3 Å². The van der Waals surface area contributed by atoms with E-state index < -0.39 is 24.3 Å². The van der Waals surface area contributed by atoms with Gasteiger partial charge in [0.15, 0.2) is 0 Å². The Morgan fingerprint density at radius 3 is 1.87 bits per heavy atom. The Kier molecular flexibility index (Phi) is 11.8. The summed E-state index contributed by atoms with van der Waals surface area (Å²) in [4.78, 5) is 48.4. The number of nitrogens with zero attached hydrogens (tertiary/aromatic N) is 5. The van der Waals surface area contributed by atoms with Crippen LogP contribution >= 0.6 is 0 Å². The second kappa shape index (κ2) is 15.3. The molecule has 1 amide bonds. The van der Waals surface area contributed by atoms with Crippen molar-refractivity contribution >= 4 is 40.4 Å². The summed E-state index contributed by atoms with van der Waals surface area (Å²) in [6.07, 6.45) is -6.48. The number of pyridine rings is 1. The largest absolute Gasteiger partial charge is 0.490 e. The summed E-state index contributed by atoms with van der Waals surface area (Å²) in [7, 11) is 2.08. The third kappa shape index (κ3) is 10.6. The number of aryl methyl sites for hydroxylation is 1. The van der Waals surface area contributed by atoms with Gasteiger partial charge in [0.1, 0.15) is 0 Å². The molecule has 3 N–H and O–H groups in total. The van der Waals surface area contributed by atoms with Crippen LogP contribution in [0.3, 0.4) is 0 Å². The molecule has 0 spiro atoms. The van der Waals surface area contributed by atoms with Gasteiger partial charge in [0.05, 0.1) is 5.52 Å². The van der Waals surface area contributed by atoms with Crippen molar-refractivity contribution in [3.63, 3.8) is 0 Å². The first-order chi connectivity index (χ1) is 22.0. The van der Waals surface area contributed by atoms with Gasteiger partial charge in [-0.2, -0.15) is 26.3 Å². The number of rotatable bonds is 4. The molecule has 0 saturated carbocycles. The average Bonchev–Trinajstić information content (AvgIpc) is 3.01. The summed E-state index contributed by atoms with van der Waals surface area (Å²) in [5, 5.41) is 18.5. The summed E-state index contributed by atoms with van der Waals surface area (Å²) >= 11 is 0. The van der Waals surface area contributed by atoms with E-state index in [0.29, 0.717) is 11.5 Å². The molecule has 1 saturated heterocycles. The van der Waals surface area contributed by atoms with Crippen LogP contribution in [0.25, 0.3) is 22.0 Å². The van der Waals surface area contributed by atoms with Gasteiger partial charge in [-0.25, -0.2) is 19.6 Å². The van der Waals surface area contributed by atoms with Crippen LogP contribution in [0.1, 0.15) is 16.1 Å². The molecule has 0 bridgehead atoms. The molecule has 0 radical (unpaired) electrons. The summed E-state index contributed by atoms with van der Waals surface area (Å²) in [6, 6.07) is 17.6. The number of piperazine rings is 1. The highest BCUT2D eigenvalue weighted by molar-refractivity contribution is 5.95. The van der Waals surface area contributed by atoms with E-state index >= 15 is 0 Å². The van der Waals surface area contributed by atoms with E-state index in [9.17, 15) is 31.1 Å². The number of carbonyl (C=O) groups is 3. The van der Waals surface area contributed by atoms with E-state index in [1.807, 2.05) is 72.7 Å². The fourth-order valence-electron chi connectivity index (χ4n) is 3.99. The zero-order valence-electron chi connectivity index (χ0n) is 24.8. The summed E-state index contributed by atoms with van der Waals surface area (Å²) < 4.78 is 63.5. The number of nitrogens with one attached hydrogen (secondary N) is 1. The third-order valence-electron chi connectivity index (χ3n) is 6.50. The van der Waals surface area contributed by atoms with E-state index in [1.165, 1.54) is 0 Å². The number of hydrogen-bond donors (Lipinski definition) is 3. The molecule has 17 heteroatoms. The number of carboxylic acids is 2. The van der Waals surface area contributed by atoms with E-state index in [-0.39, 0.29) is 5.91 Å². The zero-order valence-corrected chi connectivity index (χ0v) is 24.8. The Morgan fingerprint density at radius 2 is 1.36 bits per heavy atom. The lowest BCUT2D eigenvalue weighted by Crippen LogP contribution is -2.47. The summed E-state index contributed by atoms with van der Waals surface area (Å²) in [5.74, 6) is -4.93. The fraction of sp³-hybridized carbons (Fsp3) is 0.267. The zero-order chi connectivity index (χ0) is 34.9. The number of para-hydroxylation sites is 1. The first-order valence-electron chi connectivity index (χ1n) is 13.6. The minimum atomic E-state index is -5.08. The number of aliphatic carboxylic acids is 2. The standard InChI is InChI=1S/C26H26N6O.2C2HF3O2/c1-18-6-7-20(16-27-18)23-5-3-4-21-17-28-26(30-24(21)23)29-22-10-8-19(9-11-22)25(33)32-14-12-31(2)13-15-32;2*3-2(4,5)1(6)7/h3-11,16-17H,12-15H2,1-2H3,(H,28,29,30);2*(H,6,7). The first-order valence-corrected chi connectivity index (χ1v) is 13.6. The van der Waals surface area contributed by atoms with Crippen molar-refractivity contribution in [2.24, 2.45) is 0 Å². The molecule has 5 rings (SSSR count). The molecule has 0 unspecified atom stereocenters. The van der Waals surface area contributed by atoms with Crippen LogP contribution in [0.15, 0.2) is 67.0 Å². The number of anilines is 2. The minimum absolute atomic E-state index is 0.0768. The molecule has 1 fully saturated rings. The minimum Gasteiger partial charge on any atom is -0.475 e. The van der Waals surface area contributed by atoms with Crippen LogP contribution < -0.4 is 5.32 Å². The smallest absolute Gasteiger partial charge is 0.475 e. The van der Waals surface area contributed by atoms with Crippen molar-refractivity contribution in [2.45, 2.75) is 19.3 Å². The Labute approximate surface area is 263 Å². The van der Waals surface area contributed by atoms with Gasteiger partial charge in [-0.15, -0.1) is 0 Å². The number of hydrogen-bond acceptors (Lipinski definition) is 8. The highest BCUT2D eigenvalue weighted by Crippen LogP contribution is 2.28. The number of halogens is 6. The van der Waals surface area contributed by atoms with Crippen molar-refractivity contribution in [3.8, 4) is 11.1 Å². The maximum atomic E-state index is 12.8. The molecule has 250 valence electrons. The van der Waals surface area contributed by atoms with Crippen LogP contribution in [-0.4, -0.2) is 98.4 Å². The molecule has 11 nitrogen and oxygen atoms in total. The number of aromatic nitrogens is 3. The molecule has 1 aliphatic rings. The van der Waals surface area contributed by atoms with Crippen molar-refractivity contribution in [1.29, 1.82) is 0 Å². The predicted molar refractivity (Wildman–Crippen MR) is 158 cm³/mol. The number of amides is 1. The third-order valence-corrected chi connectivity index (χ3v) is 6.50. The highest BCUT2D eigenvalue weighted by atomic mass is 19.4. The van der Waals surface area contributed by atoms with Gasteiger partial charge in [-0.3, -0.25) is 9.78 Å². The van der Waals surface area contributed by atoms with Crippen LogP contribution in [0.4, 0.5) is 38.0 Å². The van der Waals surface area contributed by atoms with Gasteiger partial charge in [0.25, 0.3) is 5.91 Å². The Balaban J connectivity index is 0.000000360. The number of carboxylic acid groups (broad SMARTS) is 2. The van der Waals surface area contributed by atoms with E-state index in [0.717, 1.165) is 59.6 Å². The lowest BCUT2D eigenvalue weighted by atomic mass is 10.0. The Morgan fingerprint density at radius 1 is 0.787 bits per heavy atom. The quantitative estimate of drug-likeness (QED) is 0.242. The molecule has 3 heterocycles. The Hall–Kier alpha value is -5.32. The first kappa shape index (κ1) is 36.2. The molecular weight excluding hydrogens is 638 g/mol. The van der Waals surface area contributed by atoms with Crippen molar-refractivity contribution in [1.82, 2.24) is 24.8 Å². The van der Waals surface area contributed by atoms with E-state index in [4.69, 9.17) is 24.8 Å². The number of likely N-dealkylation sites (N-methyl/N-ethyl adjacent to an activating group) is 1. The average molecular weight is 667 g/mol. The fourth-order valence-corrected chi connectivity index (χ4v) is 3.99. The highest BCUT2D eigenvalue weighted by Gasteiger charge is 2.38. The second-order valence-electron chi connectivity index (χ2n) is 10.0. The molecule has 2 aromatic heterocycles. The van der Waals surface area contributed by atoms with Crippen LogP contribution in [0.2, 0.25) is 0 Å². The number of carbonyl (C=O) groups excluding carboxylic acids is 1. The number of alkyl halides is 6. The molecule has 47 heavy (non-hydrogen) atoms. The van der Waals surface area contributed by atoms with Gasteiger partial charge in [-0.05, 0) is 44.3 Å². The van der Waals surface area contributed by atoms with Crippen LogP contribution in [0, 0.1) is 6.92 Å². The summed E-state index contributed by atoms with van der Waals surface area (Å²) in [6.45, 7) is 5.32. The van der Waals surface area contributed by atoms with E-state index in [1.54, 1.807) is 0 Å². The van der Waals surface area contributed by atoms with Gasteiger partial charge in [0.2, 0.25) is 5.95 Å². The molecule has 4 aromatic rings. The monoisotopic (exact) mass is 666 g/mol. The molecule has 2 aromatic carbocycles. The molecule has 1 aliphatic heterocycles. The Bertz CT molecular complexity index is 1670. The molecular formula is C30H28F6N6O5. The lowest BCUT2D eigenvalue weighted by molar-refractivity contribution is -0.193. The predicted octanol–water partition coefficient (Wildman–Crippen LogP) is 5.40. The van der Waals surface area contributed by atoms with Crippen molar-refractivity contribution < 1.29 is 50.9 Å². The van der Waals surface area contributed by atoms with Gasteiger partial charge in [-0.1, -0.05) is 24.3 Å². The number of fused-ring (bicyclic) bond motifs is 1. The maximum absolute atomic E-state index is 12.8. The maximum Gasteiger partial charge on any atom is 0.490 e. The second-order valence-corrected chi connectivity index (χ2v) is 10.0. The molecule has 0 atom stereocenters.